The van der Waals surface area contributed by atoms with Gasteiger partial charge in [0.15, 0.2) is 5.69 Å². The van der Waals surface area contributed by atoms with Crippen LogP contribution in [-0.4, -0.2) is 103 Å². The van der Waals surface area contributed by atoms with E-state index in [2.05, 4.69) is 5.32 Å². The first-order valence-electron chi connectivity index (χ1n) is 17.3. The third-order valence-electron chi connectivity index (χ3n) is 10.0. The van der Waals surface area contributed by atoms with Crippen LogP contribution in [0.2, 0.25) is 0 Å². The van der Waals surface area contributed by atoms with E-state index in [0.29, 0.717) is 70.8 Å². The molecule has 0 radical (unpaired) electrons. The van der Waals surface area contributed by atoms with E-state index in [-0.39, 0.29) is 30.5 Å². The average molecular weight is 660 g/mol. The Morgan fingerprint density at radius 3 is 2.75 bits per heavy atom. The highest BCUT2D eigenvalue weighted by Gasteiger charge is 2.42. The van der Waals surface area contributed by atoms with E-state index in [4.69, 9.17) is 19.2 Å². The summed E-state index contributed by atoms with van der Waals surface area (Å²) in [4.78, 5) is 35.5. The molecular formula is C37H49N5O6. The summed E-state index contributed by atoms with van der Waals surface area (Å²) in [6.45, 7) is 3.84. The van der Waals surface area contributed by atoms with Gasteiger partial charge < -0.3 is 39.0 Å². The third kappa shape index (κ3) is 7.29. The third-order valence-corrected chi connectivity index (χ3v) is 10.0. The van der Waals surface area contributed by atoms with Gasteiger partial charge >= 0.3 is 0 Å². The number of nitrogens with zero attached hydrogens (tertiary/aromatic N) is 4. The fourth-order valence-corrected chi connectivity index (χ4v) is 7.63. The van der Waals surface area contributed by atoms with Crippen LogP contribution in [0.5, 0.6) is 5.75 Å². The van der Waals surface area contributed by atoms with Crippen molar-refractivity contribution in [3.63, 3.8) is 0 Å². The number of aromatic nitrogens is 2. The van der Waals surface area contributed by atoms with Crippen molar-refractivity contribution >= 4 is 17.5 Å². The van der Waals surface area contributed by atoms with E-state index in [1.807, 2.05) is 62.9 Å². The molecule has 48 heavy (non-hydrogen) atoms. The zero-order chi connectivity index (χ0) is 33.5. The lowest BCUT2D eigenvalue weighted by Crippen LogP contribution is -2.54. The molecule has 1 saturated carbocycles. The maximum atomic E-state index is 14.4. The van der Waals surface area contributed by atoms with Crippen molar-refractivity contribution in [3.8, 4) is 17.0 Å². The second-order valence-corrected chi connectivity index (χ2v) is 13.2. The molecule has 6 rings (SSSR count). The predicted molar refractivity (Wildman–Crippen MR) is 183 cm³/mol. The Morgan fingerprint density at radius 2 is 1.94 bits per heavy atom. The van der Waals surface area contributed by atoms with E-state index in [1.165, 1.54) is 0 Å². The molecule has 2 N–H and O–H groups in total. The number of hydrogen-bond acceptors (Lipinski definition) is 8. The molecule has 3 heterocycles. The maximum Gasteiger partial charge on any atom is 0.275 e. The Hall–Kier alpha value is -3.77. The second-order valence-electron chi connectivity index (χ2n) is 13.2. The van der Waals surface area contributed by atoms with Crippen molar-refractivity contribution in [2.75, 3.05) is 65.1 Å². The summed E-state index contributed by atoms with van der Waals surface area (Å²) in [5.41, 5.74) is 3.05. The van der Waals surface area contributed by atoms with Gasteiger partial charge in [-0.25, -0.2) is 4.98 Å². The fourth-order valence-electron chi connectivity index (χ4n) is 7.63. The Morgan fingerprint density at radius 1 is 1.08 bits per heavy atom. The number of methoxy groups -OCH3 is 2. The molecule has 1 aromatic heterocycles. The number of carbonyl (C=O) groups is 2. The molecule has 2 amide bonds. The summed E-state index contributed by atoms with van der Waals surface area (Å²) in [5.74, 6) is 0.798. The summed E-state index contributed by atoms with van der Waals surface area (Å²) >= 11 is 0. The smallest absolute Gasteiger partial charge is 0.275 e. The van der Waals surface area contributed by atoms with Gasteiger partial charge in [0.05, 0.1) is 31.3 Å². The van der Waals surface area contributed by atoms with E-state index in [0.717, 1.165) is 53.9 Å². The van der Waals surface area contributed by atoms with E-state index in [1.54, 1.807) is 20.5 Å². The van der Waals surface area contributed by atoms with Crippen LogP contribution < -0.4 is 15.0 Å². The molecule has 1 aliphatic carbocycles. The summed E-state index contributed by atoms with van der Waals surface area (Å²) in [7, 11) is 3.29. The molecule has 11 heteroatoms. The number of benzene rings is 2. The molecule has 0 spiro atoms. The van der Waals surface area contributed by atoms with E-state index < -0.39 is 5.60 Å². The van der Waals surface area contributed by atoms with Crippen LogP contribution in [0.4, 0.5) is 5.69 Å². The Kier molecular flexibility index (Phi) is 11.1. The average Bonchev–Trinajstić information content (AvgIpc) is 3.54. The van der Waals surface area contributed by atoms with E-state index in [9.17, 15) is 14.7 Å². The van der Waals surface area contributed by atoms with Crippen molar-refractivity contribution < 1.29 is 28.9 Å². The maximum absolute atomic E-state index is 14.4. The Labute approximate surface area is 283 Å². The van der Waals surface area contributed by atoms with Gasteiger partial charge in [0.2, 0.25) is 5.91 Å². The van der Waals surface area contributed by atoms with Gasteiger partial charge in [-0.1, -0.05) is 43.2 Å². The molecular weight excluding hydrogens is 610 g/mol. The van der Waals surface area contributed by atoms with Crippen molar-refractivity contribution in [3.05, 3.63) is 66.1 Å². The molecule has 258 valence electrons. The van der Waals surface area contributed by atoms with Crippen molar-refractivity contribution in [2.45, 2.75) is 69.1 Å². The first kappa shape index (κ1) is 34.1. The molecule has 2 fully saturated rings. The normalized spacial score (nSPS) is 22.9. The number of anilines is 1. The number of ether oxygens (including phenoxy) is 3. The minimum absolute atomic E-state index is 0.0772. The van der Waals surface area contributed by atoms with Crippen LogP contribution in [-0.2, 0) is 20.7 Å². The minimum atomic E-state index is -1.04. The molecule has 11 nitrogen and oxygen atoms in total. The highest BCUT2D eigenvalue weighted by molar-refractivity contribution is 5.99. The number of aliphatic hydroxyl groups is 1. The van der Waals surface area contributed by atoms with Crippen LogP contribution in [0.3, 0.4) is 0 Å². The Bertz CT molecular complexity index is 1540. The number of piperazine rings is 1. The van der Waals surface area contributed by atoms with Gasteiger partial charge in [-0.2, -0.15) is 0 Å². The lowest BCUT2D eigenvalue weighted by molar-refractivity contribution is -0.118. The number of fused-ring (bicyclic) bond motifs is 1. The van der Waals surface area contributed by atoms with Crippen LogP contribution in [0.1, 0.15) is 67.0 Å². The topological polar surface area (TPSA) is 118 Å². The minimum Gasteiger partial charge on any atom is -0.494 e. The largest absolute Gasteiger partial charge is 0.494 e. The zero-order valence-electron chi connectivity index (χ0n) is 28.2. The summed E-state index contributed by atoms with van der Waals surface area (Å²) in [5, 5.41) is 15.2. The molecule has 1 saturated heterocycles. The van der Waals surface area contributed by atoms with Gasteiger partial charge in [0.25, 0.3) is 5.91 Å². The molecule has 3 aromatic rings. The standard InChI is InChI=1S/C37H49N5O6/c1-46-21-8-19-41-31-14-13-30(23-28(31)12-15-33(41)43)48-22-16-29-24-38-18-20-40(29)36(44)34-35(27-9-4-3-5-10-27)42(26-39-34)32-11-6-7-17-37(32,45)25-47-2/h3-5,9-10,13-14,23,26,29,32,38,45H,6-8,11-12,15-22,24-25H2,1-2H3/t29-,32-,37-/m1/s1. The number of rotatable bonds is 13. The van der Waals surface area contributed by atoms with Gasteiger partial charge in [-0.15, -0.1) is 0 Å². The number of nitrogens with one attached hydrogen (secondary N) is 1. The first-order valence-corrected chi connectivity index (χ1v) is 17.3. The summed E-state index contributed by atoms with van der Waals surface area (Å²) < 4.78 is 18.9. The quantitative estimate of drug-likeness (QED) is 0.262. The van der Waals surface area contributed by atoms with Crippen LogP contribution >= 0.6 is 0 Å². The molecule has 2 aromatic carbocycles. The number of hydrogen-bond donors (Lipinski definition) is 2. The highest BCUT2D eigenvalue weighted by atomic mass is 16.5. The summed E-state index contributed by atoms with van der Waals surface area (Å²) in [6.07, 6.45) is 7.68. The molecule has 0 bridgehead atoms. The second kappa shape index (κ2) is 15.6. The number of imidazole rings is 1. The zero-order valence-corrected chi connectivity index (χ0v) is 28.2. The number of carbonyl (C=O) groups excluding carboxylic acids is 2. The van der Waals surface area contributed by atoms with Crippen molar-refractivity contribution in [2.24, 2.45) is 0 Å². The van der Waals surface area contributed by atoms with Gasteiger partial charge in [-0.05, 0) is 49.4 Å². The van der Waals surface area contributed by atoms with E-state index >= 15 is 0 Å². The van der Waals surface area contributed by atoms with Crippen LogP contribution in [0.15, 0.2) is 54.9 Å². The van der Waals surface area contributed by atoms with Crippen molar-refractivity contribution in [1.29, 1.82) is 0 Å². The van der Waals surface area contributed by atoms with Gasteiger partial charge in [-0.3, -0.25) is 9.59 Å². The molecule has 0 unspecified atom stereocenters. The number of amides is 2. The lowest BCUT2D eigenvalue weighted by Gasteiger charge is -2.41. The van der Waals surface area contributed by atoms with Crippen molar-refractivity contribution in [1.82, 2.24) is 19.8 Å². The predicted octanol–water partition coefficient (Wildman–Crippen LogP) is 4.24. The molecule has 3 atom stereocenters. The molecule has 2 aliphatic heterocycles. The lowest BCUT2D eigenvalue weighted by atomic mass is 9.80. The monoisotopic (exact) mass is 659 g/mol. The molecule has 3 aliphatic rings. The summed E-state index contributed by atoms with van der Waals surface area (Å²) in [6, 6.07) is 15.5. The first-order chi connectivity index (χ1) is 23.4. The van der Waals surface area contributed by atoms with Crippen LogP contribution in [0.25, 0.3) is 11.3 Å². The van der Waals surface area contributed by atoms with Gasteiger partial charge in [0, 0.05) is 77.1 Å². The number of aryl methyl sites for hydroxylation is 1. The highest BCUT2D eigenvalue weighted by Crippen LogP contribution is 2.41. The fraction of sp³-hybridized carbons (Fsp3) is 0.541. The van der Waals surface area contributed by atoms with Crippen LogP contribution in [0, 0.1) is 0 Å². The van der Waals surface area contributed by atoms with Gasteiger partial charge in [0.1, 0.15) is 11.4 Å². The Balaban J connectivity index is 1.18. The SMILES string of the molecule is COCCCN1C(=O)CCc2cc(OCC[C@@H]3CNCCN3C(=O)c3ncn([C@@H]4CCCC[C@@]4(O)COC)c3-c3ccccc3)ccc21.